The van der Waals surface area contributed by atoms with Crippen LogP contribution in [0.2, 0.25) is 0 Å². The molecule has 0 aliphatic rings. The highest BCUT2D eigenvalue weighted by atomic mass is 32.2. The van der Waals surface area contributed by atoms with Gasteiger partial charge in [0, 0.05) is 30.1 Å². The molecule has 0 aliphatic carbocycles. The summed E-state index contributed by atoms with van der Waals surface area (Å²) in [6, 6.07) is 16.3. The van der Waals surface area contributed by atoms with Gasteiger partial charge in [-0.1, -0.05) is 29.7 Å². The van der Waals surface area contributed by atoms with E-state index >= 15 is 0 Å². The summed E-state index contributed by atoms with van der Waals surface area (Å²) in [5.41, 5.74) is 3.41. The van der Waals surface area contributed by atoms with Gasteiger partial charge < -0.3 is 14.4 Å². The molecule has 4 rings (SSSR count). The number of aliphatic carboxylic acids is 1. The number of fused-ring (bicyclic) bond motifs is 1. The summed E-state index contributed by atoms with van der Waals surface area (Å²) in [5, 5.41) is 10.7. The van der Waals surface area contributed by atoms with Gasteiger partial charge in [-0.25, -0.2) is 12.8 Å². The third-order valence-electron chi connectivity index (χ3n) is 6.03. The van der Waals surface area contributed by atoms with Gasteiger partial charge in [-0.2, -0.15) is 4.72 Å². The molecule has 4 aromatic rings. The number of halogens is 1. The van der Waals surface area contributed by atoms with Crippen molar-refractivity contribution in [2.45, 2.75) is 37.8 Å². The molecule has 1 atom stereocenters. The Morgan fingerprint density at radius 1 is 1.11 bits per heavy atom. The van der Waals surface area contributed by atoms with E-state index < -0.39 is 22.0 Å². The molecule has 7 nitrogen and oxygen atoms in total. The van der Waals surface area contributed by atoms with Gasteiger partial charge >= 0.3 is 5.97 Å². The molecular formula is C29H27FN2O5S. The number of nitrogens with zero attached hydrogens (tertiary/aromatic N) is 1. The zero-order valence-electron chi connectivity index (χ0n) is 20.9. The summed E-state index contributed by atoms with van der Waals surface area (Å²) in [6.45, 7) is 4.24. The first-order valence-corrected chi connectivity index (χ1v) is 13.3. The standard InChI is InChI=1S/C29H27FN2O5S/c1-3-4-15-37-24-10-12-25(13-11-24)38(35,36)31-27(29(33)34)17-22-19-32(18-21-6-8-23(30)9-7-21)28-14-5-20(2)16-26(22)28/h5-14,16,19,27,31H,15,17-18H2,1-2H3,(H,33,34)/t27-/m0/s1. The summed E-state index contributed by atoms with van der Waals surface area (Å²) >= 11 is 0. The normalized spacial score (nSPS) is 12.1. The smallest absolute Gasteiger partial charge is 0.322 e. The first-order chi connectivity index (χ1) is 18.2. The van der Waals surface area contributed by atoms with Crippen molar-refractivity contribution in [2.24, 2.45) is 0 Å². The fourth-order valence-corrected chi connectivity index (χ4v) is 5.32. The van der Waals surface area contributed by atoms with Gasteiger partial charge in [-0.3, -0.25) is 4.79 Å². The van der Waals surface area contributed by atoms with Gasteiger partial charge in [-0.15, -0.1) is 5.92 Å². The molecule has 0 saturated carbocycles. The van der Waals surface area contributed by atoms with Crippen molar-refractivity contribution in [3.63, 3.8) is 0 Å². The van der Waals surface area contributed by atoms with Crippen molar-refractivity contribution < 1.29 is 27.4 Å². The van der Waals surface area contributed by atoms with Gasteiger partial charge in [0.05, 0.1) is 4.90 Å². The Kier molecular flexibility index (Phi) is 8.15. The van der Waals surface area contributed by atoms with E-state index in [4.69, 9.17) is 4.74 Å². The minimum atomic E-state index is -4.13. The van der Waals surface area contributed by atoms with Crippen LogP contribution in [0, 0.1) is 24.6 Å². The molecule has 0 unspecified atom stereocenters. The third-order valence-corrected chi connectivity index (χ3v) is 7.51. The van der Waals surface area contributed by atoms with Crippen LogP contribution in [0.4, 0.5) is 4.39 Å². The van der Waals surface area contributed by atoms with Crippen molar-refractivity contribution in [2.75, 3.05) is 6.61 Å². The van der Waals surface area contributed by atoms with Crippen LogP contribution in [-0.2, 0) is 27.8 Å². The molecule has 1 heterocycles. The largest absolute Gasteiger partial charge is 0.481 e. The average molecular weight is 535 g/mol. The van der Waals surface area contributed by atoms with E-state index in [2.05, 4.69) is 16.6 Å². The van der Waals surface area contributed by atoms with E-state index in [0.29, 0.717) is 17.9 Å². The third kappa shape index (κ3) is 6.40. The maximum atomic E-state index is 13.4. The number of carboxylic acid groups (broad SMARTS) is 1. The number of hydrogen-bond acceptors (Lipinski definition) is 4. The highest BCUT2D eigenvalue weighted by molar-refractivity contribution is 7.89. The Morgan fingerprint density at radius 3 is 2.47 bits per heavy atom. The van der Waals surface area contributed by atoms with Gasteiger partial charge in [0.2, 0.25) is 10.0 Å². The lowest BCUT2D eigenvalue weighted by molar-refractivity contribution is -0.138. The Morgan fingerprint density at radius 2 is 1.82 bits per heavy atom. The van der Waals surface area contributed by atoms with Crippen LogP contribution in [0.1, 0.15) is 23.6 Å². The molecule has 0 spiro atoms. The predicted octanol–water partition coefficient (Wildman–Crippen LogP) is 4.51. The van der Waals surface area contributed by atoms with Gasteiger partial charge in [0.15, 0.2) is 0 Å². The number of rotatable bonds is 10. The number of ether oxygens (including phenoxy) is 1. The molecular weight excluding hydrogens is 507 g/mol. The van der Waals surface area contributed by atoms with Crippen molar-refractivity contribution >= 4 is 26.9 Å². The molecule has 9 heteroatoms. The minimum absolute atomic E-state index is 0.0676. The first-order valence-electron chi connectivity index (χ1n) is 11.9. The maximum Gasteiger partial charge on any atom is 0.322 e. The fraction of sp³-hybridized carbons (Fsp3) is 0.207. The zero-order valence-corrected chi connectivity index (χ0v) is 21.8. The molecule has 38 heavy (non-hydrogen) atoms. The van der Waals surface area contributed by atoms with E-state index in [1.54, 1.807) is 19.1 Å². The Bertz CT molecular complexity index is 1620. The monoisotopic (exact) mass is 534 g/mol. The summed E-state index contributed by atoms with van der Waals surface area (Å²) in [6.07, 6.45) is 1.75. The summed E-state index contributed by atoms with van der Waals surface area (Å²) in [5.74, 6) is 4.29. The van der Waals surface area contributed by atoms with E-state index in [9.17, 15) is 22.7 Å². The number of aromatic nitrogens is 1. The molecule has 0 radical (unpaired) electrons. The second-order valence-electron chi connectivity index (χ2n) is 8.83. The van der Waals surface area contributed by atoms with E-state index in [1.165, 1.54) is 36.4 Å². The number of aryl methyl sites for hydroxylation is 1. The number of sulfonamides is 1. The molecule has 0 amide bonds. The topological polar surface area (TPSA) is 97.6 Å². The highest BCUT2D eigenvalue weighted by Gasteiger charge is 2.27. The summed E-state index contributed by atoms with van der Waals surface area (Å²) in [7, 11) is -4.13. The van der Waals surface area contributed by atoms with Crippen LogP contribution >= 0.6 is 0 Å². The van der Waals surface area contributed by atoms with Crippen molar-refractivity contribution in [3.05, 3.63) is 95.4 Å². The molecule has 0 bridgehead atoms. The molecule has 1 aromatic heterocycles. The number of nitrogens with one attached hydrogen (secondary N) is 1. The second kappa shape index (κ2) is 11.5. The van der Waals surface area contributed by atoms with Gasteiger partial charge in [0.25, 0.3) is 0 Å². The van der Waals surface area contributed by atoms with Crippen LogP contribution < -0.4 is 9.46 Å². The Balaban J connectivity index is 1.59. The SMILES string of the molecule is CC#CCOc1ccc(S(=O)(=O)N[C@@H](Cc2cn(Cc3ccc(F)cc3)c3ccc(C)cc23)C(=O)O)cc1. The van der Waals surface area contributed by atoms with Crippen LogP contribution in [0.15, 0.2) is 77.8 Å². The van der Waals surface area contributed by atoms with E-state index in [-0.39, 0.29) is 23.7 Å². The maximum absolute atomic E-state index is 13.4. The predicted molar refractivity (Wildman–Crippen MR) is 143 cm³/mol. The lowest BCUT2D eigenvalue weighted by Crippen LogP contribution is -2.42. The summed E-state index contributed by atoms with van der Waals surface area (Å²) in [4.78, 5) is 12.1. The highest BCUT2D eigenvalue weighted by Crippen LogP contribution is 2.26. The van der Waals surface area contributed by atoms with Crippen molar-refractivity contribution in [1.82, 2.24) is 9.29 Å². The number of hydrogen-bond donors (Lipinski definition) is 2. The number of carboxylic acids is 1. The first kappa shape index (κ1) is 26.9. The van der Waals surface area contributed by atoms with E-state index in [0.717, 1.165) is 22.0 Å². The van der Waals surface area contributed by atoms with Crippen molar-refractivity contribution in [3.8, 4) is 17.6 Å². The number of benzene rings is 3. The second-order valence-corrected chi connectivity index (χ2v) is 10.5. The van der Waals surface area contributed by atoms with Gasteiger partial charge in [0.1, 0.15) is 24.2 Å². The Labute approximate surface area is 220 Å². The lowest BCUT2D eigenvalue weighted by Gasteiger charge is -2.15. The van der Waals surface area contributed by atoms with Gasteiger partial charge in [-0.05, 0) is 73.5 Å². The van der Waals surface area contributed by atoms with Crippen LogP contribution in [-0.4, -0.2) is 36.7 Å². The zero-order chi connectivity index (χ0) is 27.3. The lowest BCUT2D eigenvalue weighted by atomic mass is 10.0. The molecule has 0 fully saturated rings. The molecule has 3 aromatic carbocycles. The summed E-state index contributed by atoms with van der Waals surface area (Å²) < 4.78 is 49.1. The molecule has 0 saturated heterocycles. The quantitative estimate of drug-likeness (QED) is 0.292. The van der Waals surface area contributed by atoms with Crippen LogP contribution in [0.5, 0.6) is 5.75 Å². The average Bonchev–Trinajstić information content (AvgIpc) is 3.21. The fourth-order valence-electron chi connectivity index (χ4n) is 4.13. The van der Waals surface area contributed by atoms with Crippen molar-refractivity contribution in [1.29, 1.82) is 0 Å². The minimum Gasteiger partial charge on any atom is -0.481 e. The number of carbonyl (C=O) groups is 1. The molecule has 2 N–H and O–H groups in total. The van der Waals surface area contributed by atoms with Crippen LogP contribution in [0.3, 0.4) is 0 Å². The molecule has 0 aliphatic heterocycles. The van der Waals surface area contributed by atoms with Crippen LogP contribution in [0.25, 0.3) is 10.9 Å². The van der Waals surface area contributed by atoms with E-state index in [1.807, 2.05) is 35.9 Å². The Hall–Kier alpha value is -4.13. The molecule has 196 valence electrons.